The molecule has 0 aliphatic carbocycles. The van der Waals surface area contributed by atoms with Crippen molar-refractivity contribution in [3.8, 4) is 11.4 Å². The number of halogens is 1. The lowest BCUT2D eigenvalue weighted by Crippen LogP contribution is -2.57. The summed E-state index contributed by atoms with van der Waals surface area (Å²) in [4.78, 5) is 24.9. The van der Waals surface area contributed by atoms with Crippen molar-refractivity contribution in [2.75, 3.05) is 20.3 Å². The molecule has 2 aliphatic rings. The predicted molar refractivity (Wildman–Crippen MR) is 133 cm³/mol. The molecule has 0 saturated carbocycles. The van der Waals surface area contributed by atoms with E-state index in [-0.39, 0.29) is 13.2 Å². The summed E-state index contributed by atoms with van der Waals surface area (Å²) < 4.78 is 26.5. The summed E-state index contributed by atoms with van der Waals surface area (Å²) in [6.07, 6.45) is 4.98. The van der Waals surface area contributed by atoms with Crippen molar-refractivity contribution in [3.05, 3.63) is 83.2 Å². The first kappa shape index (κ1) is 24.5. The van der Waals surface area contributed by atoms with Crippen LogP contribution in [0.4, 0.5) is 4.39 Å². The molecule has 1 aromatic heterocycles. The molecule has 1 fully saturated rings. The van der Waals surface area contributed by atoms with E-state index in [1.54, 1.807) is 25.3 Å². The molecular formula is C27H27FN4O5. The van der Waals surface area contributed by atoms with Crippen LogP contribution < -0.4 is 4.74 Å². The molecule has 0 spiro atoms. The van der Waals surface area contributed by atoms with E-state index >= 15 is 0 Å². The Labute approximate surface area is 213 Å². The number of benzene rings is 2. The number of imidazole rings is 1. The Kier molecular flexibility index (Phi) is 6.43. The molecule has 2 atom stereocenters. The van der Waals surface area contributed by atoms with Crippen molar-refractivity contribution in [2.24, 2.45) is 5.16 Å². The molecule has 1 N–H and O–H groups in total. The normalized spacial score (nSPS) is 21.9. The molecule has 1 saturated heterocycles. The molecule has 10 heteroatoms. The number of rotatable bonds is 6. The van der Waals surface area contributed by atoms with Crippen molar-refractivity contribution in [1.29, 1.82) is 0 Å². The molecule has 3 heterocycles. The maximum Gasteiger partial charge on any atom is 0.380 e. The number of hydrogen-bond donors (Lipinski definition) is 1. The van der Waals surface area contributed by atoms with Gasteiger partial charge in [0.2, 0.25) is 0 Å². The van der Waals surface area contributed by atoms with Gasteiger partial charge in [-0.25, -0.2) is 14.2 Å². The van der Waals surface area contributed by atoms with Crippen LogP contribution in [-0.4, -0.2) is 57.7 Å². The maximum absolute atomic E-state index is 13.7. The molecule has 0 bridgehead atoms. The Morgan fingerprint density at radius 2 is 2.08 bits per heavy atom. The third-order valence-electron chi connectivity index (χ3n) is 6.36. The van der Waals surface area contributed by atoms with Gasteiger partial charge in [-0.15, -0.1) is 0 Å². The lowest BCUT2D eigenvalue weighted by molar-refractivity contribution is -0.190. The van der Waals surface area contributed by atoms with Crippen molar-refractivity contribution >= 4 is 17.9 Å². The van der Waals surface area contributed by atoms with Crippen molar-refractivity contribution < 1.29 is 28.6 Å². The van der Waals surface area contributed by atoms with Gasteiger partial charge in [0.1, 0.15) is 11.6 Å². The second-order valence-corrected chi connectivity index (χ2v) is 8.87. The minimum atomic E-state index is -1.78. The van der Waals surface area contributed by atoms with E-state index in [1.807, 2.05) is 42.0 Å². The van der Waals surface area contributed by atoms with Gasteiger partial charge in [-0.2, -0.15) is 0 Å². The molecule has 9 nitrogen and oxygen atoms in total. The number of piperidine rings is 1. The smallest absolute Gasteiger partial charge is 0.380 e. The minimum absolute atomic E-state index is 0.0780. The van der Waals surface area contributed by atoms with Crippen LogP contribution >= 0.6 is 0 Å². The molecule has 0 radical (unpaired) electrons. The van der Waals surface area contributed by atoms with Crippen LogP contribution in [0.1, 0.15) is 30.2 Å². The number of methoxy groups -OCH3 is 1. The molecule has 192 valence electrons. The fourth-order valence-corrected chi connectivity index (χ4v) is 4.68. The fraction of sp³-hybridized carbons (Fsp3) is 0.296. The summed E-state index contributed by atoms with van der Waals surface area (Å²) in [5.74, 6) is -0.118. The van der Waals surface area contributed by atoms with Gasteiger partial charge in [0.15, 0.2) is 5.84 Å². The molecule has 5 rings (SSSR count). The monoisotopic (exact) mass is 506 g/mol. The first-order chi connectivity index (χ1) is 17.8. The average molecular weight is 507 g/mol. The number of aliphatic hydroxyl groups excluding tert-OH is 1. The fourth-order valence-electron chi connectivity index (χ4n) is 4.68. The van der Waals surface area contributed by atoms with Gasteiger partial charge in [0.05, 0.1) is 44.1 Å². The van der Waals surface area contributed by atoms with E-state index < -0.39 is 23.6 Å². The number of amidine groups is 1. The first-order valence-electron chi connectivity index (χ1n) is 11.9. The van der Waals surface area contributed by atoms with Crippen LogP contribution in [0.2, 0.25) is 0 Å². The Morgan fingerprint density at radius 1 is 1.30 bits per heavy atom. The third-order valence-corrected chi connectivity index (χ3v) is 6.36. The number of fused-ring (bicyclic) bond motifs is 1. The lowest BCUT2D eigenvalue weighted by atomic mass is 9.93. The summed E-state index contributed by atoms with van der Waals surface area (Å²) in [7, 11) is 1.59. The number of oxime groups is 1. The maximum atomic E-state index is 13.7. The van der Waals surface area contributed by atoms with Gasteiger partial charge in [0.25, 0.3) is 0 Å². The number of carbonyl (C=O) groups is 1. The van der Waals surface area contributed by atoms with Crippen LogP contribution in [0.25, 0.3) is 11.8 Å². The number of esters is 1. The Morgan fingerprint density at radius 3 is 2.76 bits per heavy atom. The molecule has 2 aromatic carbocycles. The predicted octanol–water partition coefficient (Wildman–Crippen LogP) is 3.54. The minimum Gasteiger partial charge on any atom is -0.495 e. The summed E-state index contributed by atoms with van der Waals surface area (Å²) in [5, 5.41) is 15.1. The van der Waals surface area contributed by atoms with Gasteiger partial charge in [-0.05, 0) is 61.9 Å². The second kappa shape index (κ2) is 9.70. The summed E-state index contributed by atoms with van der Waals surface area (Å²) >= 11 is 0. The average Bonchev–Trinajstić information content (AvgIpc) is 3.49. The number of hydrogen-bond acceptors (Lipinski definition) is 8. The van der Waals surface area contributed by atoms with Crippen LogP contribution in [0.3, 0.4) is 0 Å². The summed E-state index contributed by atoms with van der Waals surface area (Å²) in [5.41, 5.74) is 1.76. The van der Waals surface area contributed by atoms with Crippen LogP contribution in [-0.2, 0) is 20.1 Å². The molecule has 0 unspecified atom stereocenters. The Balaban J connectivity index is 1.54. The van der Waals surface area contributed by atoms with Gasteiger partial charge in [0, 0.05) is 23.8 Å². The number of aliphatic hydroxyl groups is 1. The highest BCUT2D eigenvalue weighted by atomic mass is 19.1. The van der Waals surface area contributed by atoms with Crippen molar-refractivity contribution in [2.45, 2.75) is 32.1 Å². The highest BCUT2D eigenvalue weighted by Gasteiger charge is 2.58. The molecule has 2 aliphatic heterocycles. The van der Waals surface area contributed by atoms with E-state index in [1.165, 1.54) is 24.3 Å². The molecule has 0 amide bonds. The first-order valence-corrected chi connectivity index (χ1v) is 11.9. The zero-order valence-corrected chi connectivity index (χ0v) is 20.7. The zero-order valence-electron chi connectivity index (χ0n) is 20.7. The Hall–Kier alpha value is -4.18. The number of aromatic nitrogens is 2. The molecule has 37 heavy (non-hydrogen) atoms. The van der Waals surface area contributed by atoms with Gasteiger partial charge in [-0.3, -0.25) is 4.90 Å². The standard InChI is InChI=1S/C27H27FN4O5/c1-4-36-26(34)27(20-6-8-21(28)9-7-20)32-15-22(33)13-19(25(32)30-37-27)11-18-5-10-23(24(12-18)35-3)31-14-17(2)29-16-31/h5-12,14,16,22,33H,4,13,15H2,1-3H3/t22-,27+/m1/s1. The topological polar surface area (TPSA) is 98.4 Å². The molecule has 3 aromatic rings. The number of aryl methyl sites for hydroxylation is 1. The van der Waals surface area contributed by atoms with Crippen LogP contribution in [0, 0.1) is 12.7 Å². The highest BCUT2D eigenvalue weighted by molar-refractivity contribution is 6.06. The highest BCUT2D eigenvalue weighted by Crippen LogP contribution is 2.42. The van der Waals surface area contributed by atoms with Gasteiger partial charge >= 0.3 is 11.7 Å². The third kappa shape index (κ3) is 4.33. The Bertz CT molecular complexity index is 1380. The van der Waals surface area contributed by atoms with E-state index in [0.29, 0.717) is 29.1 Å². The SMILES string of the molecule is CCOC(=O)[C@]1(c2ccc(F)cc2)ON=C2C(=Cc3ccc(-n4cnc(C)c4)c(OC)c3)C[C@@H](O)CN21. The van der Waals surface area contributed by atoms with Crippen LogP contribution in [0.15, 0.2) is 65.7 Å². The van der Waals surface area contributed by atoms with Crippen molar-refractivity contribution in [1.82, 2.24) is 14.5 Å². The van der Waals surface area contributed by atoms with E-state index in [9.17, 15) is 14.3 Å². The van der Waals surface area contributed by atoms with E-state index in [0.717, 1.165) is 16.9 Å². The number of nitrogens with zero attached hydrogens (tertiary/aromatic N) is 4. The van der Waals surface area contributed by atoms with Crippen molar-refractivity contribution in [3.63, 3.8) is 0 Å². The van der Waals surface area contributed by atoms with E-state index in [4.69, 9.17) is 14.3 Å². The summed E-state index contributed by atoms with van der Waals surface area (Å²) in [6, 6.07) is 11.1. The number of ether oxygens (including phenoxy) is 2. The van der Waals surface area contributed by atoms with Gasteiger partial charge < -0.3 is 24.0 Å². The quantitative estimate of drug-likeness (QED) is 0.511. The number of carbonyl (C=O) groups excluding carboxylic acids is 1. The lowest BCUT2D eigenvalue weighted by Gasteiger charge is -2.39. The van der Waals surface area contributed by atoms with E-state index in [2.05, 4.69) is 10.1 Å². The second-order valence-electron chi connectivity index (χ2n) is 8.87. The zero-order chi connectivity index (χ0) is 26.2. The molecular weight excluding hydrogens is 479 g/mol. The summed E-state index contributed by atoms with van der Waals surface area (Å²) in [6.45, 7) is 3.79. The van der Waals surface area contributed by atoms with Crippen LogP contribution in [0.5, 0.6) is 5.75 Å². The largest absolute Gasteiger partial charge is 0.495 e. The van der Waals surface area contributed by atoms with Gasteiger partial charge in [-0.1, -0.05) is 11.2 Å².